The first-order valence-electron chi connectivity index (χ1n) is 0. The van der Waals surface area contributed by atoms with Crippen LogP contribution >= 0.6 is 0 Å². The zero-order valence-electron chi connectivity index (χ0n) is 4.47. The molecule has 0 aromatic rings. The first kappa shape index (κ1) is 267. The van der Waals surface area contributed by atoms with Gasteiger partial charge in [-0.25, -0.2) is 0 Å². The Morgan fingerprint density at radius 3 is 0.300 bits per heavy atom. The van der Waals surface area contributed by atoms with Crippen molar-refractivity contribution in [2.45, 2.75) is 0 Å². The molecule has 12 N–H and O–H groups in total. The molecule has 0 saturated heterocycles. The fraction of sp³-hybridized carbons (Fsp3) is 0. The van der Waals surface area contributed by atoms with E-state index in [0.717, 1.165) is 0 Å². The normalized spacial score (nSPS) is 0. The Morgan fingerprint density at radius 2 is 0.300 bits per heavy atom. The molecule has 0 amide bonds. The Bertz CT molecular complexity index is 13.0. The predicted octanol–water partition coefficient (Wildman–Crippen LogP) is -13.9. The molecule has 0 spiro atoms. The third kappa shape index (κ3) is 153. The second-order valence-corrected chi connectivity index (χ2v) is 0. The minimum atomic E-state index is 0. The van der Waals surface area contributed by atoms with E-state index in [1.54, 1.807) is 0 Å². The van der Waals surface area contributed by atoms with Gasteiger partial charge in [-0.15, -0.1) is 0 Å². The smallest absolute Gasteiger partial charge is 1.00 e. The minimum absolute atomic E-state index is 0. The maximum Gasteiger partial charge on any atom is 3.00 e. The summed E-state index contributed by atoms with van der Waals surface area (Å²) in [5.74, 6) is 0. The predicted molar refractivity (Wildman–Crippen MR) is 21.7 cm³/mol. The molecular formula is H12Br3O6Tb. The van der Waals surface area contributed by atoms with Gasteiger partial charge >= 0.3 is 38.6 Å². The van der Waals surface area contributed by atoms with Gasteiger partial charge in [-0.1, -0.05) is 0 Å². The van der Waals surface area contributed by atoms with Crippen molar-refractivity contribution in [1.82, 2.24) is 0 Å². The fourth-order valence-corrected chi connectivity index (χ4v) is 0. The standard InChI is InChI=1S/3BrH.6H2O.Tb/h3*1H;6*1H2;/q;;;;;;;;;+3/p-3. The molecule has 0 saturated carbocycles. The summed E-state index contributed by atoms with van der Waals surface area (Å²) in [6, 6.07) is 0. The van der Waals surface area contributed by atoms with Crippen LogP contribution in [0.1, 0.15) is 0 Å². The van der Waals surface area contributed by atoms with Gasteiger partial charge in [0.15, 0.2) is 0 Å². The monoisotopic (exact) mass is 504 g/mol. The molecular weight excluding hydrogens is 495 g/mol. The zero-order valence-corrected chi connectivity index (χ0v) is 11.4. The second kappa shape index (κ2) is 204. The van der Waals surface area contributed by atoms with Gasteiger partial charge in [-0.2, -0.15) is 0 Å². The van der Waals surface area contributed by atoms with Crippen molar-refractivity contribution in [2.75, 3.05) is 0 Å². The van der Waals surface area contributed by atoms with E-state index in [0.29, 0.717) is 0 Å². The van der Waals surface area contributed by atoms with E-state index in [2.05, 4.69) is 0 Å². The summed E-state index contributed by atoms with van der Waals surface area (Å²) in [5, 5.41) is 0. The molecule has 0 fully saturated rings. The van der Waals surface area contributed by atoms with Gasteiger partial charge in [0, 0.05) is 0 Å². The molecule has 0 rings (SSSR count). The van der Waals surface area contributed by atoms with Crippen molar-refractivity contribution in [1.29, 1.82) is 0 Å². The Balaban J connectivity index is 0. The Labute approximate surface area is 121 Å². The first-order valence-corrected chi connectivity index (χ1v) is 0. The van der Waals surface area contributed by atoms with Gasteiger partial charge in [0.1, 0.15) is 0 Å². The maximum atomic E-state index is 0. The fourth-order valence-electron chi connectivity index (χ4n) is 0. The Kier molecular flexibility index (Phi) is 5450. The van der Waals surface area contributed by atoms with Crippen LogP contribution in [0.25, 0.3) is 0 Å². The maximum absolute atomic E-state index is 0. The van der Waals surface area contributed by atoms with Crippen molar-refractivity contribution in [3.8, 4) is 0 Å². The third-order valence-corrected chi connectivity index (χ3v) is 0. The summed E-state index contributed by atoms with van der Waals surface area (Å²) in [4.78, 5) is 0. The van der Waals surface area contributed by atoms with Crippen LogP contribution in [0.4, 0.5) is 0 Å². The average molecular weight is 507 g/mol. The van der Waals surface area contributed by atoms with Crippen molar-refractivity contribution in [3.63, 3.8) is 0 Å². The van der Waals surface area contributed by atoms with Crippen molar-refractivity contribution >= 4 is 0 Å². The van der Waals surface area contributed by atoms with E-state index >= 15 is 0 Å². The minimum Gasteiger partial charge on any atom is -1.00 e. The van der Waals surface area contributed by atoms with Gasteiger partial charge in [-0.05, 0) is 0 Å². The van der Waals surface area contributed by atoms with Crippen LogP contribution in [0.15, 0.2) is 0 Å². The van der Waals surface area contributed by atoms with E-state index in [9.17, 15) is 0 Å². The van der Waals surface area contributed by atoms with E-state index in [1.807, 2.05) is 0 Å². The molecule has 0 aliphatic rings. The summed E-state index contributed by atoms with van der Waals surface area (Å²) in [5.41, 5.74) is 0. The van der Waals surface area contributed by atoms with Crippen molar-refractivity contribution in [2.24, 2.45) is 0 Å². The zero-order chi connectivity index (χ0) is 0. The molecule has 0 aromatic carbocycles. The van der Waals surface area contributed by atoms with Gasteiger partial charge in [0.25, 0.3) is 0 Å². The van der Waals surface area contributed by atoms with Crippen LogP contribution in [0.5, 0.6) is 0 Å². The molecule has 0 unspecified atom stereocenters. The number of hydrogen-bond acceptors (Lipinski definition) is 0. The molecule has 0 atom stereocenters. The summed E-state index contributed by atoms with van der Waals surface area (Å²) in [6.07, 6.45) is 0. The van der Waals surface area contributed by atoms with Crippen LogP contribution in [-0.4, -0.2) is 32.9 Å². The van der Waals surface area contributed by atoms with Crippen molar-refractivity contribution < 1.29 is 122 Å². The van der Waals surface area contributed by atoms with Gasteiger partial charge in [0.05, 0.1) is 0 Å². The first-order chi connectivity index (χ1) is 0. The Morgan fingerprint density at radius 1 is 0.300 bits per heavy atom. The van der Waals surface area contributed by atoms with E-state index in [4.69, 9.17) is 0 Å². The largest absolute Gasteiger partial charge is 3.00 e. The average Bonchev–Trinajstić information content (AvgIpc) is 0. The number of rotatable bonds is 0. The molecule has 78 valence electrons. The molecule has 6 nitrogen and oxygen atoms in total. The van der Waals surface area contributed by atoms with E-state index < -0.39 is 0 Å². The number of hydrogen-bond donors (Lipinski definition) is 0. The van der Waals surface area contributed by atoms with Gasteiger partial charge in [-0.3, -0.25) is 0 Å². The third-order valence-electron chi connectivity index (χ3n) is 0. The van der Waals surface area contributed by atoms with E-state index in [1.165, 1.54) is 0 Å². The van der Waals surface area contributed by atoms with Crippen LogP contribution in [0.3, 0.4) is 0 Å². The summed E-state index contributed by atoms with van der Waals surface area (Å²) < 4.78 is 0. The van der Waals surface area contributed by atoms with Gasteiger partial charge in [0.2, 0.25) is 0 Å². The molecule has 0 heterocycles. The van der Waals surface area contributed by atoms with Crippen LogP contribution in [-0.2, 0) is 0 Å². The molecule has 0 aliphatic heterocycles. The van der Waals surface area contributed by atoms with Crippen LogP contribution in [0, 0.1) is 38.6 Å². The summed E-state index contributed by atoms with van der Waals surface area (Å²) in [6.45, 7) is 0. The molecule has 10 heavy (non-hydrogen) atoms. The Hall–Kier alpha value is 2.49. The molecule has 0 bridgehead atoms. The SMILES string of the molecule is O.O.O.O.O.O.[Br-].[Br-].[Br-].[Tb+3]. The molecule has 0 aliphatic carbocycles. The topological polar surface area (TPSA) is 189 Å². The van der Waals surface area contributed by atoms with Crippen LogP contribution in [0.2, 0.25) is 0 Å². The molecule has 0 radical (unpaired) electrons. The van der Waals surface area contributed by atoms with E-state index in [-0.39, 0.29) is 122 Å². The molecule has 0 aromatic heterocycles. The summed E-state index contributed by atoms with van der Waals surface area (Å²) >= 11 is 0. The van der Waals surface area contributed by atoms with Gasteiger partial charge < -0.3 is 83.8 Å². The van der Waals surface area contributed by atoms with Crippen molar-refractivity contribution in [3.05, 3.63) is 0 Å². The van der Waals surface area contributed by atoms with Crippen LogP contribution < -0.4 is 50.9 Å². The molecule has 10 heteroatoms. The number of halogens is 3. The summed E-state index contributed by atoms with van der Waals surface area (Å²) in [7, 11) is 0. The quantitative estimate of drug-likeness (QED) is 0.302. The second-order valence-electron chi connectivity index (χ2n) is 0.